The minimum Gasteiger partial charge on any atom is -0.379 e. The van der Waals surface area contributed by atoms with Crippen molar-refractivity contribution in [2.24, 2.45) is 5.73 Å². The molecule has 1 unspecified atom stereocenters. The predicted molar refractivity (Wildman–Crippen MR) is 80.1 cm³/mol. The zero-order chi connectivity index (χ0) is 15.7. The van der Waals surface area contributed by atoms with E-state index in [0.717, 1.165) is 5.56 Å². The van der Waals surface area contributed by atoms with Crippen LogP contribution in [0.3, 0.4) is 0 Å². The quantitative estimate of drug-likeness (QED) is 0.822. The van der Waals surface area contributed by atoms with Crippen molar-refractivity contribution >= 4 is 16.1 Å². The van der Waals surface area contributed by atoms with E-state index in [0.29, 0.717) is 38.3 Å². The molecule has 0 spiro atoms. The molecule has 2 heterocycles. The first kappa shape index (κ1) is 15.4. The van der Waals surface area contributed by atoms with Gasteiger partial charge >= 0.3 is 0 Å². The van der Waals surface area contributed by atoms with Crippen molar-refractivity contribution < 1.29 is 17.9 Å². The molecule has 8 heteroatoms. The lowest BCUT2D eigenvalue weighted by Gasteiger charge is -2.38. The van der Waals surface area contributed by atoms with Crippen LogP contribution in [-0.4, -0.2) is 55.8 Å². The number of morpholine rings is 1. The van der Waals surface area contributed by atoms with Crippen molar-refractivity contribution in [2.75, 3.05) is 32.8 Å². The molecule has 1 fully saturated rings. The van der Waals surface area contributed by atoms with Crippen molar-refractivity contribution in [3.8, 4) is 0 Å². The van der Waals surface area contributed by atoms with Gasteiger partial charge in [0.25, 0.3) is 10.2 Å². The monoisotopic (exact) mass is 325 g/mol. The molecule has 0 saturated carbocycles. The van der Waals surface area contributed by atoms with E-state index < -0.39 is 22.2 Å². The molecule has 0 aliphatic carbocycles. The first-order valence-electron chi connectivity index (χ1n) is 7.23. The fourth-order valence-electron chi connectivity index (χ4n) is 3.01. The van der Waals surface area contributed by atoms with Crippen molar-refractivity contribution in [2.45, 2.75) is 12.5 Å². The van der Waals surface area contributed by atoms with Crippen LogP contribution in [0, 0.1) is 0 Å². The summed E-state index contributed by atoms with van der Waals surface area (Å²) in [5.74, 6) is -0.649. The zero-order valence-corrected chi connectivity index (χ0v) is 13.0. The van der Waals surface area contributed by atoms with Gasteiger partial charge in [-0.05, 0) is 17.5 Å². The number of rotatable bonds is 3. The van der Waals surface area contributed by atoms with Crippen molar-refractivity contribution in [1.29, 1.82) is 0 Å². The molecule has 1 amide bonds. The van der Waals surface area contributed by atoms with Crippen LogP contribution in [0.2, 0.25) is 0 Å². The molecule has 2 aliphatic rings. The highest BCUT2D eigenvalue weighted by atomic mass is 32.2. The first-order valence-corrected chi connectivity index (χ1v) is 8.63. The number of nitrogens with two attached hydrogens (primary N) is 1. The minimum absolute atomic E-state index is 0.254. The smallest absolute Gasteiger partial charge is 0.283 e. The van der Waals surface area contributed by atoms with Crippen LogP contribution in [0.25, 0.3) is 0 Å². The molecule has 1 atom stereocenters. The minimum atomic E-state index is -3.74. The van der Waals surface area contributed by atoms with Crippen LogP contribution >= 0.6 is 0 Å². The highest BCUT2D eigenvalue weighted by Crippen LogP contribution is 2.32. The molecular weight excluding hydrogens is 306 g/mol. The molecule has 2 aliphatic heterocycles. The fraction of sp³-hybridized carbons (Fsp3) is 0.500. The van der Waals surface area contributed by atoms with Gasteiger partial charge in [-0.3, -0.25) is 4.79 Å². The van der Waals surface area contributed by atoms with Gasteiger partial charge in [0.05, 0.1) is 13.2 Å². The maximum Gasteiger partial charge on any atom is 0.283 e. The van der Waals surface area contributed by atoms with E-state index in [1.54, 1.807) is 12.1 Å². The van der Waals surface area contributed by atoms with E-state index in [2.05, 4.69) is 0 Å². The second kappa shape index (κ2) is 5.96. The van der Waals surface area contributed by atoms with Gasteiger partial charge in [0.1, 0.15) is 6.04 Å². The first-order chi connectivity index (χ1) is 10.5. The summed E-state index contributed by atoms with van der Waals surface area (Å²) in [5, 5.41) is 0. The lowest BCUT2D eigenvalue weighted by atomic mass is 9.94. The number of benzene rings is 1. The van der Waals surface area contributed by atoms with Crippen molar-refractivity contribution in [3.05, 3.63) is 35.4 Å². The number of ether oxygens (including phenoxy) is 1. The van der Waals surface area contributed by atoms with Gasteiger partial charge in [0.2, 0.25) is 5.91 Å². The molecule has 1 saturated heterocycles. The molecule has 0 radical (unpaired) electrons. The Bertz CT molecular complexity index is 670. The normalized spacial score (nSPS) is 23.9. The number of hydrogen-bond donors (Lipinski definition) is 1. The molecule has 0 bridgehead atoms. The number of fused-ring (bicyclic) bond motifs is 1. The van der Waals surface area contributed by atoms with E-state index in [4.69, 9.17) is 10.5 Å². The number of hydrogen-bond acceptors (Lipinski definition) is 4. The topological polar surface area (TPSA) is 92.9 Å². The van der Waals surface area contributed by atoms with Gasteiger partial charge in [0.15, 0.2) is 0 Å². The van der Waals surface area contributed by atoms with Crippen molar-refractivity contribution in [1.82, 2.24) is 8.61 Å². The second-order valence-corrected chi connectivity index (χ2v) is 7.26. The summed E-state index contributed by atoms with van der Waals surface area (Å²) in [6.07, 6.45) is 0.573. The van der Waals surface area contributed by atoms with Crippen LogP contribution in [-0.2, 0) is 26.2 Å². The largest absolute Gasteiger partial charge is 0.379 e. The SMILES string of the molecule is NC(=O)C1c2ccccc2CCN1S(=O)(=O)N1CCOCC1. The number of amides is 1. The van der Waals surface area contributed by atoms with Crippen LogP contribution in [0.5, 0.6) is 0 Å². The Balaban J connectivity index is 1.98. The standard InChI is InChI=1S/C14H19N3O4S/c15-14(18)13-12-4-2-1-3-11(12)5-6-17(13)22(19,20)16-7-9-21-10-8-16/h1-4,13H,5-10H2,(H2,15,18). The lowest BCUT2D eigenvalue weighted by Crippen LogP contribution is -2.53. The summed E-state index contributed by atoms with van der Waals surface area (Å²) in [6, 6.07) is 6.40. The van der Waals surface area contributed by atoms with Gasteiger partial charge in [0, 0.05) is 19.6 Å². The molecule has 120 valence electrons. The maximum absolute atomic E-state index is 12.9. The Kier molecular flexibility index (Phi) is 4.18. The average Bonchev–Trinajstić information content (AvgIpc) is 2.54. The zero-order valence-electron chi connectivity index (χ0n) is 12.1. The van der Waals surface area contributed by atoms with E-state index in [9.17, 15) is 13.2 Å². The number of carbonyl (C=O) groups excluding carboxylic acids is 1. The Morgan fingerprint density at radius 2 is 1.86 bits per heavy atom. The summed E-state index contributed by atoms with van der Waals surface area (Å²) < 4.78 is 33.5. The Hall–Kier alpha value is -1.48. The van der Waals surface area contributed by atoms with E-state index in [1.165, 1.54) is 8.61 Å². The Morgan fingerprint density at radius 1 is 1.18 bits per heavy atom. The number of nitrogens with zero attached hydrogens (tertiary/aromatic N) is 2. The van der Waals surface area contributed by atoms with E-state index >= 15 is 0 Å². The molecular formula is C14H19N3O4S. The van der Waals surface area contributed by atoms with Crippen LogP contribution in [0.15, 0.2) is 24.3 Å². The fourth-order valence-corrected chi connectivity index (χ4v) is 4.73. The lowest BCUT2D eigenvalue weighted by molar-refractivity contribution is -0.122. The molecule has 7 nitrogen and oxygen atoms in total. The van der Waals surface area contributed by atoms with Crippen LogP contribution < -0.4 is 5.73 Å². The van der Waals surface area contributed by atoms with Crippen LogP contribution in [0.1, 0.15) is 17.2 Å². The third-order valence-corrected chi connectivity index (χ3v) is 6.11. The second-order valence-electron chi connectivity index (χ2n) is 5.38. The maximum atomic E-state index is 12.9. The van der Waals surface area contributed by atoms with Crippen LogP contribution in [0.4, 0.5) is 0 Å². The third kappa shape index (κ3) is 2.63. The summed E-state index contributed by atoms with van der Waals surface area (Å²) in [5.41, 5.74) is 7.16. The van der Waals surface area contributed by atoms with E-state index in [-0.39, 0.29) is 6.54 Å². The number of carbonyl (C=O) groups is 1. The van der Waals surface area contributed by atoms with Gasteiger partial charge < -0.3 is 10.5 Å². The molecule has 0 aromatic heterocycles. The van der Waals surface area contributed by atoms with Gasteiger partial charge in [-0.25, -0.2) is 0 Å². The number of primary amides is 1. The van der Waals surface area contributed by atoms with Crippen molar-refractivity contribution in [3.63, 3.8) is 0 Å². The highest BCUT2D eigenvalue weighted by Gasteiger charge is 2.41. The molecule has 1 aromatic rings. The van der Waals surface area contributed by atoms with Gasteiger partial charge in [-0.15, -0.1) is 0 Å². The summed E-state index contributed by atoms with van der Waals surface area (Å²) in [7, 11) is -3.74. The molecule has 1 aromatic carbocycles. The predicted octanol–water partition coefficient (Wildman–Crippen LogP) is -0.352. The molecule has 2 N–H and O–H groups in total. The van der Waals surface area contributed by atoms with Gasteiger partial charge in [-0.1, -0.05) is 24.3 Å². The Morgan fingerprint density at radius 3 is 2.55 bits per heavy atom. The molecule has 3 rings (SSSR count). The molecule has 22 heavy (non-hydrogen) atoms. The Labute approximate surface area is 129 Å². The summed E-state index contributed by atoms with van der Waals surface area (Å²) in [6.45, 7) is 1.58. The highest BCUT2D eigenvalue weighted by molar-refractivity contribution is 7.86. The summed E-state index contributed by atoms with van der Waals surface area (Å²) in [4.78, 5) is 11.9. The van der Waals surface area contributed by atoms with Gasteiger partial charge in [-0.2, -0.15) is 17.0 Å². The summed E-state index contributed by atoms with van der Waals surface area (Å²) >= 11 is 0. The van der Waals surface area contributed by atoms with E-state index in [1.807, 2.05) is 12.1 Å². The average molecular weight is 325 g/mol. The third-order valence-electron chi connectivity index (χ3n) is 4.10.